The SMILES string of the molecule is O=C(Cc1ccc(-c2ccccc2)cc1)NCCCCN1CCCC1. The first-order valence-electron chi connectivity index (χ1n) is 9.45. The number of nitrogens with zero attached hydrogens (tertiary/aromatic N) is 1. The highest BCUT2D eigenvalue weighted by molar-refractivity contribution is 5.78. The molecule has 0 radical (unpaired) electrons. The Morgan fingerprint density at radius 3 is 2.28 bits per heavy atom. The van der Waals surface area contributed by atoms with Gasteiger partial charge in [-0.2, -0.15) is 0 Å². The van der Waals surface area contributed by atoms with Gasteiger partial charge in [0.05, 0.1) is 6.42 Å². The number of rotatable bonds is 8. The molecule has 0 spiro atoms. The highest BCUT2D eigenvalue weighted by atomic mass is 16.1. The summed E-state index contributed by atoms with van der Waals surface area (Å²) >= 11 is 0. The predicted molar refractivity (Wildman–Crippen MR) is 103 cm³/mol. The molecule has 1 aliphatic heterocycles. The van der Waals surface area contributed by atoms with Gasteiger partial charge in [0.1, 0.15) is 0 Å². The Labute approximate surface area is 151 Å². The first-order valence-corrected chi connectivity index (χ1v) is 9.45. The van der Waals surface area contributed by atoms with E-state index in [2.05, 4.69) is 46.6 Å². The molecule has 0 unspecified atom stereocenters. The molecule has 0 aliphatic carbocycles. The maximum atomic E-state index is 12.1. The number of carbonyl (C=O) groups is 1. The lowest BCUT2D eigenvalue weighted by Gasteiger charge is -2.14. The molecule has 1 fully saturated rings. The summed E-state index contributed by atoms with van der Waals surface area (Å²) in [5, 5.41) is 3.05. The molecule has 1 saturated heterocycles. The second-order valence-corrected chi connectivity index (χ2v) is 6.85. The fraction of sp³-hybridized carbons (Fsp3) is 0.409. The van der Waals surface area contributed by atoms with Crippen LogP contribution < -0.4 is 5.32 Å². The van der Waals surface area contributed by atoms with E-state index in [9.17, 15) is 4.79 Å². The first kappa shape index (κ1) is 17.7. The third kappa shape index (κ3) is 5.71. The van der Waals surface area contributed by atoms with E-state index in [-0.39, 0.29) is 5.91 Å². The minimum Gasteiger partial charge on any atom is -0.356 e. The van der Waals surface area contributed by atoms with Gasteiger partial charge in [0.15, 0.2) is 0 Å². The molecular weight excluding hydrogens is 308 g/mol. The molecular formula is C22H28N2O. The van der Waals surface area contributed by atoms with Crippen LogP contribution in [0.5, 0.6) is 0 Å². The van der Waals surface area contributed by atoms with Crippen LogP contribution in [0, 0.1) is 0 Å². The topological polar surface area (TPSA) is 32.3 Å². The van der Waals surface area contributed by atoms with Crippen LogP contribution in [0.1, 0.15) is 31.2 Å². The van der Waals surface area contributed by atoms with E-state index < -0.39 is 0 Å². The molecule has 2 aromatic rings. The van der Waals surface area contributed by atoms with E-state index in [0.717, 1.165) is 18.5 Å². The summed E-state index contributed by atoms with van der Waals surface area (Å²) in [5.74, 6) is 0.119. The van der Waals surface area contributed by atoms with Crippen molar-refractivity contribution < 1.29 is 4.79 Å². The number of likely N-dealkylation sites (tertiary alicyclic amines) is 1. The van der Waals surface area contributed by atoms with E-state index >= 15 is 0 Å². The molecule has 3 heteroatoms. The summed E-state index contributed by atoms with van der Waals surface area (Å²) in [6, 6.07) is 18.6. The Morgan fingerprint density at radius 2 is 1.56 bits per heavy atom. The zero-order valence-corrected chi connectivity index (χ0v) is 14.9. The Hall–Kier alpha value is -2.13. The molecule has 1 amide bonds. The molecule has 1 aliphatic rings. The molecule has 1 heterocycles. The van der Waals surface area contributed by atoms with Crippen LogP contribution in [0.2, 0.25) is 0 Å². The first-order chi connectivity index (χ1) is 12.3. The number of hydrogen-bond acceptors (Lipinski definition) is 2. The molecule has 0 bridgehead atoms. The summed E-state index contributed by atoms with van der Waals surface area (Å²) in [5.41, 5.74) is 3.46. The van der Waals surface area contributed by atoms with Gasteiger partial charge in [-0.1, -0.05) is 54.6 Å². The molecule has 1 N–H and O–H groups in total. The minimum atomic E-state index is 0.119. The average molecular weight is 336 g/mol. The van der Waals surface area contributed by atoms with Crippen molar-refractivity contribution in [2.45, 2.75) is 32.1 Å². The van der Waals surface area contributed by atoms with Gasteiger partial charge in [0, 0.05) is 6.54 Å². The summed E-state index contributed by atoms with van der Waals surface area (Å²) in [6.45, 7) is 4.47. The largest absolute Gasteiger partial charge is 0.356 e. The van der Waals surface area contributed by atoms with Crippen LogP contribution in [0.15, 0.2) is 54.6 Å². The lowest BCUT2D eigenvalue weighted by atomic mass is 10.0. The second-order valence-electron chi connectivity index (χ2n) is 6.85. The Kier molecular flexibility index (Phi) is 6.63. The lowest BCUT2D eigenvalue weighted by Crippen LogP contribution is -2.27. The fourth-order valence-electron chi connectivity index (χ4n) is 3.39. The van der Waals surface area contributed by atoms with E-state index in [4.69, 9.17) is 0 Å². The van der Waals surface area contributed by atoms with E-state index in [1.807, 2.05) is 18.2 Å². The van der Waals surface area contributed by atoms with Crippen LogP contribution in [0.25, 0.3) is 11.1 Å². The number of unbranched alkanes of at least 4 members (excludes halogenated alkanes) is 1. The molecule has 3 rings (SSSR count). The monoisotopic (exact) mass is 336 g/mol. The van der Waals surface area contributed by atoms with Crippen molar-refractivity contribution in [3.8, 4) is 11.1 Å². The Balaban J connectivity index is 1.36. The maximum absolute atomic E-state index is 12.1. The quantitative estimate of drug-likeness (QED) is 0.742. The summed E-state index contributed by atoms with van der Waals surface area (Å²) in [7, 11) is 0. The van der Waals surface area contributed by atoms with Gasteiger partial charge in [-0.3, -0.25) is 4.79 Å². The van der Waals surface area contributed by atoms with Gasteiger partial charge < -0.3 is 10.2 Å². The van der Waals surface area contributed by atoms with Crippen LogP contribution in [-0.4, -0.2) is 37.0 Å². The average Bonchev–Trinajstić information content (AvgIpc) is 3.16. The van der Waals surface area contributed by atoms with Crippen LogP contribution in [0.3, 0.4) is 0 Å². The summed E-state index contributed by atoms with van der Waals surface area (Å²) < 4.78 is 0. The van der Waals surface area contributed by atoms with E-state index in [0.29, 0.717) is 6.42 Å². The third-order valence-electron chi connectivity index (χ3n) is 4.85. The normalized spacial score (nSPS) is 14.6. The molecule has 0 atom stereocenters. The van der Waals surface area contributed by atoms with Crippen molar-refractivity contribution in [1.29, 1.82) is 0 Å². The molecule has 2 aromatic carbocycles. The number of carbonyl (C=O) groups excluding carboxylic acids is 1. The third-order valence-corrected chi connectivity index (χ3v) is 4.85. The standard InChI is InChI=1S/C22H28N2O/c25-22(23-14-4-5-15-24-16-6-7-17-24)18-19-10-12-21(13-11-19)20-8-2-1-3-9-20/h1-3,8-13H,4-7,14-18H2,(H,23,25). The molecule has 0 saturated carbocycles. The van der Waals surface area contributed by atoms with Crippen molar-refractivity contribution in [2.75, 3.05) is 26.2 Å². The number of nitrogens with one attached hydrogen (secondary N) is 1. The zero-order valence-electron chi connectivity index (χ0n) is 14.9. The van der Waals surface area contributed by atoms with Gasteiger partial charge in [0.2, 0.25) is 5.91 Å². The molecule has 25 heavy (non-hydrogen) atoms. The smallest absolute Gasteiger partial charge is 0.224 e. The zero-order chi connectivity index (χ0) is 17.3. The number of amides is 1. The van der Waals surface area contributed by atoms with Crippen LogP contribution in [-0.2, 0) is 11.2 Å². The van der Waals surface area contributed by atoms with Gasteiger partial charge in [-0.15, -0.1) is 0 Å². The van der Waals surface area contributed by atoms with Crippen LogP contribution in [0.4, 0.5) is 0 Å². The predicted octanol–water partition coefficient (Wildman–Crippen LogP) is 3.89. The minimum absolute atomic E-state index is 0.119. The molecule has 132 valence electrons. The van der Waals surface area contributed by atoms with Crippen molar-refractivity contribution >= 4 is 5.91 Å². The highest BCUT2D eigenvalue weighted by Gasteiger charge is 2.10. The van der Waals surface area contributed by atoms with Gasteiger partial charge in [-0.25, -0.2) is 0 Å². The summed E-state index contributed by atoms with van der Waals surface area (Å²) in [6.07, 6.45) is 5.39. The molecule has 3 nitrogen and oxygen atoms in total. The number of hydrogen-bond donors (Lipinski definition) is 1. The van der Waals surface area contributed by atoms with Crippen LogP contribution >= 0.6 is 0 Å². The second kappa shape index (κ2) is 9.38. The Morgan fingerprint density at radius 1 is 0.880 bits per heavy atom. The highest BCUT2D eigenvalue weighted by Crippen LogP contribution is 2.19. The van der Waals surface area contributed by atoms with Gasteiger partial charge in [0.25, 0.3) is 0 Å². The lowest BCUT2D eigenvalue weighted by molar-refractivity contribution is -0.120. The Bertz CT molecular complexity index is 645. The molecule has 0 aromatic heterocycles. The number of benzene rings is 2. The van der Waals surface area contributed by atoms with Crippen molar-refractivity contribution in [2.24, 2.45) is 0 Å². The van der Waals surface area contributed by atoms with Crippen molar-refractivity contribution in [3.63, 3.8) is 0 Å². The van der Waals surface area contributed by atoms with Gasteiger partial charge >= 0.3 is 0 Å². The van der Waals surface area contributed by atoms with Gasteiger partial charge in [-0.05, 0) is 62.0 Å². The van der Waals surface area contributed by atoms with E-state index in [1.54, 1.807) is 0 Å². The fourth-order valence-corrected chi connectivity index (χ4v) is 3.39. The van der Waals surface area contributed by atoms with E-state index in [1.165, 1.54) is 50.0 Å². The van der Waals surface area contributed by atoms with Crippen molar-refractivity contribution in [3.05, 3.63) is 60.2 Å². The maximum Gasteiger partial charge on any atom is 0.224 e. The van der Waals surface area contributed by atoms with Crippen molar-refractivity contribution in [1.82, 2.24) is 10.2 Å². The summed E-state index contributed by atoms with van der Waals surface area (Å²) in [4.78, 5) is 14.6.